The Bertz CT molecular complexity index is 1160. The number of nitrogens with zero attached hydrogens (tertiary/aromatic N) is 6. The second-order valence-corrected chi connectivity index (χ2v) is 7.21. The van der Waals surface area contributed by atoms with Crippen LogP contribution >= 0.6 is 11.9 Å². The number of pyridine rings is 1. The summed E-state index contributed by atoms with van der Waals surface area (Å²) in [6.07, 6.45) is 6.72. The number of nitrogens with one attached hydrogen (secondary N) is 2. The number of rotatable bonds is 4. The number of fused-ring (bicyclic) bond motifs is 2. The molecule has 0 radical (unpaired) electrons. The fourth-order valence-corrected chi connectivity index (χ4v) is 4.06. The van der Waals surface area contributed by atoms with E-state index >= 15 is 0 Å². The Morgan fingerprint density at radius 3 is 2.93 bits per heavy atom. The molecule has 1 aliphatic rings. The largest absolute Gasteiger partial charge is 0.358 e. The van der Waals surface area contributed by atoms with E-state index in [4.69, 9.17) is 4.99 Å². The molecule has 1 atom stereocenters. The van der Waals surface area contributed by atoms with Crippen LogP contribution in [0.15, 0.2) is 71.3 Å². The molecule has 8 nitrogen and oxygen atoms in total. The minimum Gasteiger partial charge on any atom is -0.358 e. The number of aliphatic imine (C=N–C) groups is 1. The van der Waals surface area contributed by atoms with Gasteiger partial charge in [0.05, 0.1) is 34.8 Å². The fraction of sp³-hybridized carbons (Fsp3) is 0.105. The maximum atomic E-state index is 4.93. The topological polar surface area (TPSA) is 95.0 Å². The van der Waals surface area contributed by atoms with E-state index in [1.807, 2.05) is 36.5 Å². The van der Waals surface area contributed by atoms with Gasteiger partial charge in [0.25, 0.3) is 0 Å². The zero-order valence-corrected chi connectivity index (χ0v) is 15.8. The molecule has 2 N–H and O–H groups in total. The monoisotopic (exact) mass is 388 g/mol. The number of H-pyrrole nitrogens is 1. The Labute approximate surface area is 165 Å². The molecule has 0 amide bonds. The van der Waals surface area contributed by atoms with Crippen molar-refractivity contribution in [1.29, 1.82) is 0 Å². The lowest BCUT2D eigenvalue weighted by Gasteiger charge is -2.32. The summed E-state index contributed by atoms with van der Waals surface area (Å²) in [6.45, 7) is 2.05. The van der Waals surface area contributed by atoms with Crippen LogP contribution in [0.2, 0.25) is 0 Å². The second-order valence-electron chi connectivity index (χ2n) is 6.22. The van der Waals surface area contributed by atoms with Crippen LogP contribution in [-0.4, -0.2) is 36.8 Å². The van der Waals surface area contributed by atoms with Crippen molar-refractivity contribution in [2.75, 3.05) is 9.62 Å². The standard InChI is InChI=1S/C19H16N8S/c1-12(25-18-16-17(22-10-21-16)23-11-24-18)19-26-14-6-2-3-7-15(14)28-27(19)13-5-4-8-20-9-13/h2-12H,1H3,(H2,21,22,23,24,25). The molecule has 9 heteroatoms. The maximum Gasteiger partial charge on any atom is 0.162 e. The van der Waals surface area contributed by atoms with Crippen LogP contribution in [0.4, 0.5) is 17.2 Å². The number of aromatic amines is 1. The molecule has 0 spiro atoms. The van der Waals surface area contributed by atoms with Crippen LogP contribution < -0.4 is 9.62 Å². The number of para-hydroxylation sites is 1. The molecular formula is C19H16N8S. The van der Waals surface area contributed by atoms with Crippen molar-refractivity contribution in [3.63, 3.8) is 0 Å². The van der Waals surface area contributed by atoms with Crippen molar-refractivity contribution in [2.45, 2.75) is 17.9 Å². The van der Waals surface area contributed by atoms with E-state index in [0.717, 1.165) is 22.1 Å². The summed E-state index contributed by atoms with van der Waals surface area (Å²) >= 11 is 1.63. The Kier molecular flexibility index (Phi) is 4.13. The predicted molar refractivity (Wildman–Crippen MR) is 111 cm³/mol. The van der Waals surface area contributed by atoms with E-state index < -0.39 is 0 Å². The summed E-state index contributed by atoms with van der Waals surface area (Å²) in [5, 5.41) is 3.43. The van der Waals surface area contributed by atoms with Crippen LogP contribution in [0.1, 0.15) is 6.92 Å². The van der Waals surface area contributed by atoms with E-state index in [0.29, 0.717) is 17.0 Å². The Balaban J connectivity index is 1.54. The van der Waals surface area contributed by atoms with Gasteiger partial charge in [-0.2, -0.15) is 0 Å². The van der Waals surface area contributed by atoms with E-state index in [1.165, 1.54) is 6.33 Å². The number of amidine groups is 1. The van der Waals surface area contributed by atoms with Crippen LogP contribution in [0.3, 0.4) is 0 Å². The number of hydrogen-bond donors (Lipinski definition) is 2. The number of hydrogen-bond acceptors (Lipinski definition) is 8. The Hall–Kier alpha value is -3.46. The first-order chi connectivity index (χ1) is 13.8. The molecule has 138 valence electrons. The smallest absolute Gasteiger partial charge is 0.162 e. The van der Waals surface area contributed by atoms with Gasteiger partial charge < -0.3 is 10.3 Å². The van der Waals surface area contributed by atoms with E-state index in [1.54, 1.807) is 24.5 Å². The van der Waals surface area contributed by atoms with Gasteiger partial charge in [-0.15, -0.1) is 0 Å². The average Bonchev–Trinajstić information content (AvgIpc) is 3.23. The molecule has 4 heterocycles. The Morgan fingerprint density at radius 2 is 2.04 bits per heavy atom. The van der Waals surface area contributed by atoms with Crippen LogP contribution in [0.5, 0.6) is 0 Å². The maximum absolute atomic E-state index is 4.93. The molecule has 0 fully saturated rings. The fourth-order valence-electron chi connectivity index (χ4n) is 3.01. The highest BCUT2D eigenvalue weighted by Gasteiger charge is 2.27. The molecule has 0 bridgehead atoms. The zero-order valence-electron chi connectivity index (χ0n) is 14.9. The third kappa shape index (κ3) is 2.95. The normalized spacial score (nSPS) is 14.5. The summed E-state index contributed by atoms with van der Waals surface area (Å²) in [6, 6.07) is 11.9. The summed E-state index contributed by atoms with van der Waals surface area (Å²) < 4.78 is 2.09. The summed E-state index contributed by atoms with van der Waals surface area (Å²) in [5.41, 5.74) is 3.30. The molecule has 5 rings (SSSR count). The molecule has 0 saturated heterocycles. The lowest BCUT2D eigenvalue weighted by Crippen LogP contribution is -2.39. The van der Waals surface area contributed by atoms with Crippen molar-refractivity contribution < 1.29 is 0 Å². The van der Waals surface area contributed by atoms with Crippen LogP contribution in [0.25, 0.3) is 11.2 Å². The van der Waals surface area contributed by atoms with E-state index in [2.05, 4.69) is 47.5 Å². The molecule has 0 saturated carbocycles. The van der Waals surface area contributed by atoms with E-state index in [9.17, 15) is 0 Å². The third-order valence-electron chi connectivity index (χ3n) is 4.34. The number of benzene rings is 1. The van der Waals surface area contributed by atoms with Crippen molar-refractivity contribution >= 4 is 46.1 Å². The first-order valence-electron chi connectivity index (χ1n) is 8.76. The number of anilines is 2. The van der Waals surface area contributed by atoms with Gasteiger partial charge >= 0.3 is 0 Å². The van der Waals surface area contributed by atoms with Gasteiger partial charge in [0.15, 0.2) is 11.5 Å². The van der Waals surface area contributed by atoms with Gasteiger partial charge in [0, 0.05) is 6.20 Å². The van der Waals surface area contributed by atoms with Gasteiger partial charge in [-0.3, -0.25) is 9.29 Å². The molecular weight excluding hydrogens is 372 g/mol. The average molecular weight is 388 g/mol. The highest BCUT2D eigenvalue weighted by atomic mass is 32.2. The molecule has 1 unspecified atom stereocenters. The van der Waals surface area contributed by atoms with Crippen LogP contribution in [-0.2, 0) is 0 Å². The minimum absolute atomic E-state index is 0.129. The van der Waals surface area contributed by atoms with Gasteiger partial charge in [-0.1, -0.05) is 12.1 Å². The minimum atomic E-state index is -0.129. The lowest BCUT2D eigenvalue weighted by atomic mass is 10.2. The van der Waals surface area contributed by atoms with Gasteiger partial charge in [-0.05, 0) is 43.1 Å². The van der Waals surface area contributed by atoms with Gasteiger partial charge in [0.1, 0.15) is 17.7 Å². The third-order valence-corrected chi connectivity index (χ3v) is 5.46. The Morgan fingerprint density at radius 1 is 1.11 bits per heavy atom. The van der Waals surface area contributed by atoms with Gasteiger partial charge in [0.2, 0.25) is 0 Å². The molecule has 0 aliphatic carbocycles. The van der Waals surface area contributed by atoms with Crippen molar-refractivity contribution in [3.8, 4) is 0 Å². The highest BCUT2D eigenvalue weighted by Crippen LogP contribution is 2.40. The van der Waals surface area contributed by atoms with Crippen molar-refractivity contribution in [2.24, 2.45) is 4.99 Å². The van der Waals surface area contributed by atoms with Crippen LogP contribution in [0, 0.1) is 0 Å². The molecule has 1 aliphatic heterocycles. The first-order valence-corrected chi connectivity index (χ1v) is 9.53. The SMILES string of the molecule is CC(Nc1ncnc2[nH]cnc12)C1=Nc2ccccc2SN1c1cccnc1. The van der Waals surface area contributed by atoms with Crippen molar-refractivity contribution in [1.82, 2.24) is 24.9 Å². The predicted octanol–water partition coefficient (Wildman–Crippen LogP) is 3.81. The van der Waals surface area contributed by atoms with Crippen molar-refractivity contribution in [3.05, 3.63) is 61.4 Å². The highest BCUT2D eigenvalue weighted by molar-refractivity contribution is 8.01. The molecule has 4 aromatic rings. The summed E-state index contributed by atoms with van der Waals surface area (Å²) in [4.78, 5) is 26.2. The van der Waals surface area contributed by atoms with E-state index in [-0.39, 0.29) is 6.04 Å². The second kappa shape index (κ2) is 6.93. The quantitative estimate of drug-likeness (QED) is 0.513. The lowest BCUT2D eigenvalue weighted by molar-refractivity contribution is 1.00. The molecule has 3 aromatic heterocycles. The number of imidazole rings is 1. The summed E-state index contributed by atoms with van der Waals surface area (Å²) in [7, 11) is 0. The summed E-state index contributed by atoms with van der Waals surface area (Å²) in [5.74, 6) is 1.52. The number of aromatic nitrogens is 5. The first kappa shape index (κ1) is 16.7. The molecule has 1 aromatic carbocycles. The van der Waals surface area contributed by atoms with Gasteiger partial charge in [-0.25, -0.2) is 19.9 Å². The molecule has 28 heavy (non-hydrogen) atoms. The zero-order chi connectivity index (χ0) is 18.9.